The van der Waals surface area contributed by atoms with E-state index in [4.69, 9.17) is 0 Å². The average Bonchev–Trinajstić information content (AvgIpc) is 1.91. The van der Waals surface area contributed by atoms with Crippen LogP contribution in [0.5, 0.6) is 0 Å². The highest BCUT2D eigenvalue weighted by molar-refractivity contribution is 7.95. The van der Waals surface area contributed by atoms with E-state index in [2.05, 4.69) is 23.0 Å². The number of nitrogens with zero attached hydrogens (tertiary/aromatic N) is 1. The Kier molecular flexibility index (Phi) is 1.57. The van der Waals surface area contributed by atoms with E-state index in [9.17, 15) is 0 Å². The third-order valence-electron chi connectivity index (χ3n) is 1.21. The van der Waals surface area contributed by atoms with Crippen LogP contribution in [-0.4, -0.2) is 23.9 Å². The SMILES string of the molecule is CC1CNSN1C. The Morgan fingerprint density at radius 3 is 2.71 bits per heavy atom. The lowest BCUT2D eigenvalue weighted by molar-refractivity contribution is 0.472. The Labute approximate surface area is 48.5 Å². The number of hydrogen-bond acceptors (Lipinski definition) is 3. The molecule has 0 saturated carbocycles. The predicted octanol–water partition coefficient (Wildman–Crippen LogP) is 0.473. The highest BCUT2D eigenvalue weighted by Crippen LogP contribution is 2.13. The Morgan fingerprint density at radius 1 is 1.86 bits per heavy atom. The first-order valence-corrected chi connectivity index (χ1v) is 3.20. The maximum Gasteiger partial charge on any atom is 0.0317 e. The third kappa shape index (κ3) is 1.08. The van der Waals surface area contributed by atoms with Crippen molar-refractivity contribution in [2.24, 2.45) is 0 Å². The quantitative estimate of drug-likeness (QED) is 0.466. The molecule has 1 aliphatic heterocycles. The summed E-state index contributed by atoms with van der Waals surface area (Å²) in [5, 5.41) is 0. The molecule has 7 heavy (non-hydrogen) atoms. The van der Waals surface area contributed by atoms with Crippen molar-refractivity contribution in [3.63, 3.8) is 0 Å². The van der Waals surface area contributed by atoms with Crippen molar-refractivity contribution >= 4 is 12.1 Å². The summed E-state index contributed by atoms with van der Waals surface area (Å²) >= 11 is 1.69. The summed E-state index contributed by atoms with van der Waals surface area (Å²) in [6, 6.07) is 0.699. The molecule has 1 unspecified atom stereocenters. The molecule has 1 rings (SSSR count). The van der Waals surface area contributed by atoms with Crippen LogP contribution < -0.4 is 4.72 Å². The van der Waals surface area contributed by atoms with Gasteiger partial charge in [0.1, 0.15) is 0 Å². The van der Waals surface area contributed by atoms with Crippen LogP contribution >= 0.6 is 12.1 Å². The van der Waals surface area contributed by atoms with Gasteiger partial charge >= 0.3 is 0 Å². The van der Waals surface area contributed by atoms with E-state index in [0.717, 1.165) is 6.54 Å². The second kappa shape index (κ2) is 2.03. The Balaban J connectivity index is 2.33. The van der Waals surface area contributed by atoms with Gasteiger partial charge in [-0.2, -0.15) is 0 Å². The molecule has 0 amide bonds. The minimum atomic E-state index is 0.699. The summed E-state index contributed by atoms with van der Waals surface area (Å²) in [6.07, 6.45) is 0. The van der Waals surface area contributed by atoms with Gasteiger partial charge in [0.05, 0.1) is 0 Å². The first kappa shape index (κ1) is 5.41. The summed E-state index contributed by atoms with van der Waals surface area (Å²) in [7, 11) is 2.09. The van der Waals surface area contributed by atoms with Gasteiger partial charge in [-0.3, -0.25) is 0 Å². The molecule has 0 radical (unpaired) electrons. The molecule has 0 aromatic rings. The second-order valence-electron chi connectivity index (χ2n) is 1.83. The van der Waals surface area contributed by atoms with Gasteiger partial charge < -0.3 is 0 Å². The Morgan fingerprint density at radius 2 is 2.57 bits per heavy atom. The van der Waals surface area contributed by atoms with Crippen molar-refractivity contribution in [1.29, 1.82) is 0 Å². The fraction of sp³-hybridized carbons (Fsp3) is 1.00. The van der Waals surface area contributed by atoms with Crippen molar-refractivity contribution in [2.45, 2.75) is 13.0 Å². The standard InChI is InChI=1S/C4H10N2S/c1-4-3-5-7-6(4)2/h4-5H,3H2,1-2H3. The van der Waals surface area contributed by atoms with Gasteiger partial charge in [-0.25, -0.2) is 9.03 Å². The Bertz CT molecular complexity index is 58.7. The van der Waals surface area contributed by atoms with Crippen LogP contribution in [0.3, 0.4) is 0 Å². The van der Waals surface area contributed by atoms with E-state index >= 15 is 0 Å². The predicted molar refractivity (Wildman–Crippen MR) is 32.8 cm³/mol. The van der Waals surface area contributed by atoms with E-state index in [1.807, 2.05) is 0 Å². The molecule has 0 aromatic carbocycles. The van der Waals surface area contributed by atoms with Crippen LogP contribution in [0.1, 0.15) is 6.92 Å². The summed E-state index contributed by atoms with van der Waals surface area (Å²) in [5.74, 6) is 0. The topological polar surface area (TPSA) is 15.3 Å². The van der Waals surface area contributed by atoms with Crippen molar-refractivity contribution in [3.8, 4) is 0 Å². The van der Waals surface area contributed by atoms with Gasteiger partial charge in [-0.1, -0.05) is 0 Å². The Hall–Kier alpha value is 0.270. The number of nitrogens with one attached hydrogen (secondary N) is 1. The molecular formula is C4H10N2S. The van der Waals surface area contributed by atoms with Gasteiger partial charge in [0, 0.05) is 24.7 Å². The van der Waals surface area contributed by atoms with Gasteiger partial charge in [0.15, 0.2) is 0 Å². The molecule has 1 aliphatic rings. The van der Waals surface area contributed by atoms with E-state index in [0.29, 0.717) is 6.04 Å². The molecule has 1 heterocycles. The van der Waals surface area contributed by atoms with Crippen LogP contribution in [-0.2, 0) is 0 Å². The number of likely N-dealkylation sites (N-methyl/N-ethyl adjacent to an activating group) is 1. The van der Waals surface area contributed by atoms with Crippen LogP contribution in [0.15, 0.2) is 0 Å². The molecule has 1 atom stereocenters. The zero-order valence-electron chi connectivity index (χ0n) is 4.64. The van der Waals surface area contributed by atoms with E-state index in [1.54, 1.807) is 12.1 Å². The van der Waals surface area contributed by atoms with E-state index in [-0.39, 0.29) is 0 Å². The van der Waals surface area contributed by atoms with Crippen molar-refractivity contribution in [3.05, 3.63) is 0 Å². The zero-order chi connectivity index (χ0) is 5.28. The first-order valence-electron chi connectivity index (χ1n) is 2.43. The lowest BCUT2D eigenvalue weighted by atomic mass is 10.4. The normalized spacial score (nSPS) is 34.3. The third-order valence-corrected chi connectivity index (χ3v) is 2.15. The fourth-order valence-electron chi connectivity index (χ4n) is 0.478. The molecule has 1 N–H and O–H groups in total. The van der Waals surface area contributed by atoms with Crippen LogP contribution in [0, 0.1) is 0 Å². The van der Waals surface area contributed by atoms with Gasteiger partial charge in [0.2, 0.25) is 0 Å². The molecule has 2 nitrogen and oxygen atoms in total. The summed E-state index contributed by atoms with van der Waals surface area (Å²) < 4.78 is 5.37. The van der Waals surface area contributed by atoms with Crippen molar-refractivity contribution in [2.75, 3.05) is 13.6 Å². The second-order valence-corrected chi connectivity index (χ2v) is 2.88. The van der Waals surface area contributed by atoms with Crippen LogP contribution in [0.25, 0.3) is 0 Å². The maximum atomic E-state index is 3.16. The summed E-state index contributed by atoms with van der Waals surface area (Å²) in [6.45, 7) is 3.31. The largest absolute Gasteiger partial charge is 0.249 e. The first-order chi connectivity index (χ1) is 3.30. The summed E-state index contributed by atoms with van der Waals surface area (Å²) in [4.78, 5) is 0. The lowest BCUT2D eigenvalue weighted by Gasteiger charge is -2.08. The van der Waals surface area contributed by atoms with Crippen molar-refractivity contribution < 1.29 is 0 Å². The van der Waals surface area contributed by atoms with Gasteiger partial charge in [-0.05, 0) is 14.0 Å². The minimum Gasteiger partial charge on any atom is -0.249 e. The van der Waals surface area contributed by atoms with Crippen LogP contribution in [0.4, 0.5) is 0 Å². The van der Waals surface area contributed by atoms with E-state index in [1.165, 1.54) is 0 Å². The molecule has 1 saturated heterocycles. The zero-order valence-corrected chi connectivity index (χ0v) is 5.46. The highest BCUT2D eigenvalue weighted by atomic mass is 32.2. The monoisotopic (exact) mass is 118 g/mol. The maximum absolute atomic E-state index is 3.16. The van der Waals surface area contributed by atoms with Gasteiger partial charge in [0.25, 0.3) is 0 Å². The molecule has 1 fully saturated rings. The molecule has 3 heteroatoms. The molecule has 0 aromatic heterocycles. The highest BCUT2D eigenvalue weighted by Gasteiger charge is 2.15. The molecular weight excluding hydrogens is 108 g/mol. The van der Waals surface area contributed by atoms with Crippen LogP contribution in [0.2, 0.25) is 0 Å². The molecule has 0 bridgehead atoms. The molecule has 42 valence electrons. The fourth-order valence-corrected chi connectivity index (χ4v) is 1.25. The average molecular weight is 118 g/mol. The molecule has 0 spiro atoms. The smallest absolute Gasteiger partial charge is 0.0317 e. The number of rotatable bonds is 0. The summed E-state index contributed by atoms with van der Waals surface area (Å²) in [5.41, 5.74) is 0. The number of hydrogen-bond donors (Lipinski definition) is 1. The minimum absolute atomic E-state index is 0.699. The lowest BCUT2D eigenvalue weighted by Crippen LogP contribution is -2.18. The van der Waals surface area contributed by atoms with Gasteiger partial charge in [-0.15, -0.1) is 0 Å². The van der Waals surface area contributed by atoms with E-state index < -0.39 is 0 Å². The van der Waals surface area contributed by atoms with Crippen molar-refractivity contribution in [1.82, 2.24) is 9.03 Å². The molecule has 0 aliphatic carbocycles.